The number of anilines is 1. The van der Waals surface area contributed by atoms with E-state index in [1.165, 1.54) is 0 Å². The molecule has 0 radical (unpaired) electrons. The van der Waals surface area contributed by atoms with E-state index in [-0.39, 0.29) is 11.3 Å². The number of carbonyl (C=O) groups excluding carboxylic acids is 1. The van der Waals surface area contributed by atoms with Gasteiger partial charge in [0.2, 0.25) is 15.9 Å². The summed E-state index contributed by atoms with van der Waals surface area (Å²) >= 11 is 3.36. The lowest BCUT2D eigenvalue weighted by Gasteiger charge is -2.19. The Morgan fingerprint density at radius 1 is 0.931 bits per heavy atom. The number of rotatable bonds is 7. The van der Waals surface area contributed by atoms with Crippen LogP contribution >= 0.6 is 15.9 Å². The fourth-order valence-corrected chi connectivity index (χ4v) is 4.27. The molecule has 1 unspecified atom stereocenters. The molecule has 0 aliphatic heterocycles. The summed E-state index contributed by atoms with van der Waals surface area (Å²) in [4.78, 5) is 12.8. The highest BCUT2D eigenvalue weighted by atomic mass is 79.9. The van der Waals surface area contributed by atoms with E-state index in [2.05, 4.69) is 26.0 Å². The fourth-order valence-electron chi connectivity index (χ4n) is 2.69. The van der Waals surface area contributed by atoms with Crippen molar-refractivity contribution in [3.8, 4) is 0 Å². The van der Waals surface area contributed by atoms with E-state index in [4.69, 9.17) is 0 Å². The van der Waals surface area contributed by atoms with Crippen LogP contribution in [0.3, 0.4) is 0 Å². The first kappa shape index (κ1) is 21.2. The van der Waals surface area contributed by atoms with Gasteiger partial charge in [-0.1, -0.05) is 42.5 Å². The summed E-state index contributed by atoms with van der Waals surface area (Å²) in [5.74, 6) is -1.05. The number of benzene rings is 3. The number of nitrogens with one attached hydrogen (secondary N) is 2. The van der Waals surface area contributed by atoms with Gasteiger partial charge in [-0.2, -0.15) is 4.72 Å². The van der Waals surface area contributed by atoms with Crippen molar-refractivity contribution < 1.29 is 17.6 Å². The van der Waals surface area contributed by atoms with E-state index >= 15 is 0 Å². The Morgan fingerprint density at radius 2 is 1.55 bits per heavy atom. The smallest absolute Gasteiger partial charge is 0.242 e. The van der Waals surface area contributed by atoms with Crippen LogP contribution < -0.4 is 10.0 Å². The molecule has 3 aromatic carbocycles. The van der Waals surface area contributed by atoms with E-state index in [0.717, 1.165) is 29.8 Å². The van der Waals surface area contributed by atoms with Gasteiger partial charge in [-0.3, -0.25) is 4.79 Å². The first-order chi connectivity index (χ1) is 13.8. The first-order valence-corrected chi connectivity index (χ1v) is 11.0. The SMILES string of the molecule is O=C(Nc1ccccc1Br)C(Cc1ccccc1)NS(=O)(=O)c1ccc(F)cc1. The molecule has 0 bridgehead atoms. The van der Waals surface area contributed by atoms with E-state index in [0.29, 0.717) is 10.2 Å². The Labute approximate surface area is 177 Å². The quantitative estimate of drug-likeness (QED) is 0.538. The number of sulfonamides is 1. The zero-order chi connectivity index (χ0) is 20.9. The lowest BCUT2D eigenvalue weighted by Crippen LogP contribution is -2.45. The van der Waals surface area contributed by atoms with Crippen LogP contribution in [0, 0.1) is 5.82 Å². The molecule has 3 rings (SSSR count). The van der Waals surface area contributed by atoms with Crippen molar-refractivity contribution in [3.63, 3.8) is 0 Å². The highest BCUT2D eigenvalue weighted by molar-refractivity contribution is 9.10. The Bertz CT molecular complexity index is 1090. The Morgan fingerprint density at radius 3 is 2.21 bits per heavy atom. The second-order valence-electron chi connectivity index (χ2n) is 6.29. The van der Waals surface area contributed by atoms with Gasteiger partial charge in [-0.25, -0.2) is 12.8 Å². The first-order valence-electron chi connectivity index (χ1n) is 8.72. The van der Waals surface area contributed by atoms with Gasteiger partial charge < -0.3 is 5.32 Å². The minimum atomic E-state index is -4.03. The molecule has 0 saturated heterocycles. The van der Waals surface area contributed by atoms with E-state index in [9.17, 15) is 17.6 Å². The molecule has 2 N–H and O–H groups in total. The van der Waals surface area contributed by atoms with Gasteiger partial charge in [-0.05, 0) is 64.3 Å². The van der Waals surface area contributed by atoms with Crippen molar-refractivity contribution >= 4 is 37.5 Å². The molecule has 29 heavy (non-hydrogen) atoms. The molecular weight excluding hydrogens is 459 g/mol. The number of hydrogen-bond acceptors (Lipinski definition) is 3. The van der Waals surface area contributed by atoms with Crippen LogP contribution in [0.5, 0.6) is 0 Å². The van der Waals surface area contributed by atoms with E-state index < -0.39 is 27.8 Å². The molecule has 8 heteroatoms. The molecule has 5 nitrogen and oxygen atoms in total. The molecule has 0 fully saturated rings. The van der Waals surface area contributed by atoms with Gasteiger partial charge in [0.15, 0.2) is 0 Å². The molecule has 150 valence electrons. The van der Waals surface area contributed by atoms with Crippen LogP contribution in [0.2, 0.25) is 0 Å². The average Bonchev–Trinajstić information content (AvgIpc) is 2.70. The van der Waals surface area contributed by atoms with E-state index in [1.54, 1.807) is 24.3 Å². The van der Waals surface area contributed by atoms with Crippen LogP contribution in [0.25, 0.3) is 0 Å². The number of hydrogen-bond donors (Lipinski definition) is 2. The Balaban J connectivity index is 1.87. The fraction of sp³-hybridized carbons (Fsp3) is 0.0952. The van der Waals surface area contributed by atoms with Crippen molar-refractivity contribution in [3.05, 3.63) is 94.7 Å². The second kappa shape index (κ2) is 9.30. The molecule has 0 aliphatic carbocycles. The van der Waals surface area contributed by atoms with Crippen LogP contribution in [0.4, 0.5) is 10.1 Å². The van der Waals surface area contributed by atoms with Gasteiger partial charge in [0, 0.05) is 4.47 Å². The molecule has 3 aromatic rings. The minimum absolute atomic E-state index is 0.120. The summed E-state index contributed by atoms with van der Waals surface area (Å²) in [5, 5.41) is 2.74. The van der Waals surface area contributed by atoms with Crippen LogP contribution in [0.15, 0.2) is 88.2 Å². The lowest BCUT2D eigenvalue weighted by molar-refractivity contribution is -0.117. The predicted octanol–water partition coefficient (Wildman–Crippen LogP) is 4.12. The summed E-state index contributed by atoms with van der Waals surface area (Å²) in [6.07, 6.45) is 0.150. The normalized spacial score (nSPS) is 12.3. The van der Waals surface area contributed by atoms with Crippen molar-refractivity contribution in [2.75, 3.05) is 5.32 Å². The maximum atomic E-state index is 13.1. The molecule has 1 atom stereocenters. The van der Waals surface area contributed by atoms with Crippen LogP contribution in [-0.2, 0) is 21.2 Å². The van der Waals surface area contributed by atoms with Gasteiger partial charge in [0.1, 0.15) is 11.9 Å². The maximum absolute atomic E-state index is 13.1. The number of halogens is 2. The summed E-state index contributed by atoms with van der Waals surface area (Å²) in [6, 6.07) is 19.5. The molecule has 1 amide bonds. The number of amides is 1. The molecule has 0 saturated carbocycles. The van der Waals surface area contributed by atoms with Gasteiger partial charge in [0.25, 0.3) is 0 Å². The lowest BCUT2D eigenvalue weighted by atomic mass is 10.1. The topological polar surface area (TPSA) is 75.3 Å². The summed E-state index contributed by atoms with van der Waals surface area (Å²) in [5.41, 5.74) is 1.32. The highest BCUT2D eigenvalue weighted by Crippen LogP contribution is 2.22. The second-order valence-corrected chi connectivity index (χ2v) is 8.85. The van der Waals surface area contributed by atoms with Crippen molar-refractivity contribution in [2.24, 2.45) is 0 Å². The van der Waals surface area contributed by atoms with Crippen molar-refractivity contribution in [2.45, 2.75) is 17.4 Å². The van der Waals surface area contributed by atoms with E-state index in [1.807, 2.05) is 30.3 Å². The third kappa shape index (κ3) is 5.72. The number of carbonyl (C=O) groups is 1. The van der Waals surface area contributed by atoms with Crippen LogP contribution in [0.1, 0.15) is 5.56 Å². The molecule has 0 aromatic heterocycles. The molecular formula is C21H18BrFN2O3S. The Hall–Kier alpha value is -2.55. The highest BCUT2D eigenvalue weighted by Gasteiger charge is 2.26. The summed E-state index contributed by atoms with van der Waals surface area (Å²) < 4.78 is 41.8. The largest absolute Gasteiger partial charge is 0.324 e. The van der Waals surface area contributed by atoms with Gasteiger partial charge in [0.05, 0.1) is 10.6 Å². The standard InChI is InChI=1S/C21H18BrFN2O3S/c22-18-8-4-5-9-19(18)24-21(26)20(14-15-6-2-1-3-7-15)25-29(27,28)17-12-10-16(23)11-13-17/h1-13,20,25H,14H2,(H,24,26). The van der Waals surface area contributed by atoms with Crippen LogP contribution in [-0.4, -0.2) is 20.4 Å². The zero-order valence-corrected chi connectivity index (χ0v) is 17.6. The Kier molecular flexibility index (Phi) is 6.79. The van der Waals surface area contributed by atoms with Gasteiger partial charge >= 0.3 is 0 Å². The third-order valence-electron chi connectivity index (χ3n) is 4.15. The maximum Gasteiger partial charge on any atom is 0.242 e. The molecule has 0 heterocycles. The monoisotopic (exact) mass is 476 g/mol. The third-order valence-corrected chi connectivity index (χ3v) is 6.33. The van der Waals surface area contributed by atoms with Crippen molar-refractivity contribution in [1.82, 2.24) is 4.72 Å². The summed E-state index contributed by atoms with van der Waals surface area (Å²) in [6.45, 7) is 0. The van der Waals surface area contributed by atoms with Crippen molar-refractivity contribution in [1.29, 1.82) is 0 Å². The zero-order valence-electron chi connectivity index (χ0n) is 15.2. The summed E-state index contributed by atoms with van der Waals surface area (Å²) in [7, 11) is -4.03. The predicted molar refractivity (Wildman–Crippen MR) is 113 cm³/mol. The van der Waals surface area contributed by atoms with Gasteiger partial charge in [-0.15, -0.1) is 0 Å². The minimum Gasteiger partial charge on any atom is -0.324 e. The molecule has 0 spiro atoms. The molecule has 0 aliphatic rings. The average molecular weight is 477 g/mol. The number of para-hydroxylation sites is 1.